The van der Waals surface area contributed by atoms with E-state index in [1.807, 2.05) is 0 Å². The van der Waals surface area contributed by atoms with Gasteiger partial charge in [0, 0.05) is 0 Å². The first-order valence-corrected chi connectivity index (χ1v) is 2.86. The second-order valence-corrected chi connectivity index (χ2v) is 1.34. The zero-order valence-electron chi connectivity index (χ0n) is 7.02. The van der Waals surface area contributed by atoms with Crippen molar-refractivity contribution >= 4 is 36.8 Å². The van der Waals surface area contributed by atoms with Gasteiger partial charge in [0.05, 0.1) is 0 Å². The van der Waals surface area contributed by atoms with Crippen LogP contribution in [0.3, 0.4) is 0 Å². The van der Waals surface area contributed by atoms with Crippen LogP contribution in [0, 0.1) is 0 Å². The van der Waals surface area contributed by atoms with E-state index in [-0.39, 0.29) is 18.9 Å². The Labute approximate surface area is 81.9 Å². The molecule has 0 aromatic heterocycles. The van der Waals surface area contributed by atoms with Crippen molar-refractivity contribution in [1.82, 2.24) is 0 Å². The molecular formula is C6H6O9. The molecule has 0 fully saturated rings. The molecule has 0 aliphatic rings. The number of rotatable bonds is 2. The maximum Gasteiger partial charge on any atom is 0.414 e. The van der Waals surface area contributed by atoms with E-state index in [0.717, 1.165) is 0 Å². The van der Waals surface area contributed by atoms with Gasteiger partial charge in [-0.2, -0.15) is 0 Å². The van der Waals surface area contributed by atoms with E-state index < -0.39 is 17.9 Å². The van der Waals surface area contributed by atoms with E-state index >= 15 is 0 Å². The molecule has 15 heavy (non-hydrogen) atoms. The summed E-state index contributed by atoms with van der Waals surface area (Å²) < 4.78 is 0. The first kappa shape index (κ1) is 18.3. The van der Waals surface area contributed by atoms with Crippen molar-refractivity contribution in [1.29, 1.82) is 0 Å². The molecule has 9 nitrogen and oxygen atoms in total. The summed E-state index contributed by atoms with van der Waals surface area (Å²) in [6.45, 7) is 0. The van der Waals surface area contributed by atoms with Crippen LogP contribution < -0.4 is 0 Å². The fraction of sp³-hybridized carbons (Fsp3) is 0. The van der Waals surface area contributed by atoms with Crippen molar-refractivity contribution < 1.29 is 44.1 Å². The van der Waals surface area contributed by atoms with Crippen LogP contribution in [0.2, 0.25) is 0 Å². The molecule has 9 heteroatoms. The zero-order valence-corrected chi connectivity index (χ0v) is 7.02. The molecule has 0 aromatic carbocycles. The maximum absolute atomic E-state index is 9.10. The van der Waals surface area contributed by atoms with Gasteiger partial charge in [0.2, 0.25) is 6.29 Å². The largest absolute Gasteiger partial charge is 0.476 e. The van der Waals surface area contributed by atoms with Crippen molar-refractivity contribution in [2.45, 2.75) is 0 Å². The van der Waals surface area contributed by atoms with Crippen molar-refractivity contribution in [3.05, 3.63) is 0 Å². The maximum atomic E-state index is 9.10. The Morgan fingerprint density at radius 2 is 0.933 bits per heavy atom. The van der Waals surface area contributed by atoms with Crippen LogP contribution >= 0.6 is 0 Å². The number of carboxylic acids is 3. The summed E-state index contributed by atoms with van der Waals surface area (Å²) in [5, 5.41) is 22.1. The number of carboxylic acid groups (broad SMARTS) is 3. The monoisotopic (exact) mass is 222 g/mol. The number of carbonyl (C=O) groups is 6. The first-order chi connectivity index (χ1) is 6.83. The molecule has 0 saturated carbocycles. The van der Waals surface area contributed by atoms with Gasteiger partial charge in [0.15, 0.2) is 12.6 Å². The summed E-state index contributed by atoms with van der Waals surface area (Å²) in [5.41, 5.74) is 0. The van der Waals surface area contributed by atoms with Gasteiger partial charge in [-0.25, -0.2) is 14.4 Å². The van der Waals surface area contributed by atoms with E-state index in [2.05, 4.69) is 0 Å². The molecule has 0 aliphatic carbocycles. The predicted octanol–water partition coefficient (Wildman–Crippen LogP) is -2.19. The molecule has 0 radical (unpaired) electrons. The highest BCUT2D eigenvalue weighted by molar-refractivity contribution is 6.27. The normalized spacial score (nSPS) is 6.40. The van der Waals surface area contributed by atoms with Gasteiger partial charge in [0.25, 0.3) is 0 Å². The third kappa shape index (κ3) is 51.9. The Bertz CT molecular complexity index is 235. The van der Waals surface area contributed by atoms with Gasteiger partial charge in [-0.05, 0) is 0 Å². The van der Waals surface area contributed by atoms with E-state index in [1.165, 1.54) is 0 Å². The first-order valence-electron chi connectivity index (χ1n) is 2.86. The number of carbonyl (C=O) groups excluding carboxylic acids is 3. The van der Waals surface area contributed by atoms with E-state index in [9.17, 15) is 0 Å². The molecule has 0 amide bonds. The molecule has 0 aromatic rings. The van der Waals surface area contributed by atoms with Gasteiger partial charge in [-0.15, -0.1) is 0 Å². The second kappa shape index (κ2) is 14.0. The molecule has 0 bridgehead atoms. The van der Waals surface area contributed by atoms with Crippen LogP contribution in [0.25, 0.3) is 0 Å². The average Bonchev–Trinajstić information content (AvgIpc) is 2.19. The highest BCUT2D eigenvalue weighted by Crippen LogP contribution is 1.56. The van der Waals surface area contributed by atoms with E-state index in [4.69, 9.17) is 44.1 Å². The number of hydrogen-bond donors (Lipinski definition) is 3. The molecule has 0 rings (SSSR count). The molecule has 0 heterocycles. The fourth-order valence-electron chi connectivity index (χ4n) is 0. The second-order valence-electron chi connectivity index (χ2n) is 1.34. The van der Waals surface area contributed by atoms with Crippen LogP contribution in [-0.2, 0) is 28.8 Å². The number of hydrogen-bond acceptors (Lipinski definition) is 6. The standard InChI is InChI=1S/C2H2O4.C2H2O3.C2H2O2/c3-1(4)2(5)6;3-1-2(4)5;3-1-2-4/h(H,3,4)(H,5,6);1H,(H,4,5);1-2H. The lowest BCUT2D eigenvalue weighted by atomic mass is 10.7. The van der Waals surface area contributed by atoms with Crippen LogP contribution in [0.4, 0.5) is 0 Å². The van der Waals surface area contributed by atoms with Gasteiger partial charge in [-0.1, -0.05) is 0 Å². The number of aliphatic carboxylic acids is 3. The highest BCUT2D eigenvalue weighted by Gasteiger charge is 2.04. The Morgan fingerprint density at radius 3 is 0.933 bits per heavy atom. The smallest absolute Gasteiger partial charge is 0.414 e. The lowest BCUT2D eigenvalue weighted by molar-refractivity contribution is -0.159. The Morgan fingerprint density at radius 1 is 0.733 bits per heavy atom. The summed E-state index contributed by atoms with van der Waals surface area (Å²) in [6.07, 6.45) is 0.222. The molecule has 0 atom stereocenters. The van der Waals surface area contributed by atoms with Crippen LogP contribution in [0.15, 0.2) is 0 Å². The SMILES string of the molecule is O=C(O)C(=O)O.O=CC(=O)O.O=CC=O. The zero-order chi connectivity index (χ0) is 12.9. The van der Waals surface area contributed by atoms with E-state index in [0.29, 0.717) is 0 Å². The van der Waals surface area contributed by atoms with Crippen LogP contribution in [-0.4, -0.2) is 52.1 Å². The molecule has 0 unspecified atom stereocenters. The van der Waals surface area contributed by atoms with Crippen molar-refractivity contribution in [3.63, 3.8) is 0 Å². The van der Waals surface area contributed by atoms with Crippen molar-refractivity contribution in [3.8, 4) is 0 Å². The fourth-order valence-corrected chi connectivity index (χ4v) is 0. The van der Waals surface area contributed by atoms with Gasteiger partial charge >= 0.3 is 17.9 Å². The third-order valence-electron chi connectivity index (χ3n) is 0.339. The minimum atomic E-state index is -1.82. The van der Waals surface area contributed by atoms with Crippen LogP contribution in [0.5, 0.6) is 0 Å². The molecule has 0 spiro atoms. The lowest BCUT2D eigenvalue weighted by Crippen LogP contribution is -2.09. The van der Waals surface area contributed by atoms with Crippen LogP contribution in [0.1, 0.15) is 0 Å². The highest BCUT2D eigenvalue weighted by atomic mass is 16.4. The minimum absolute atomic E-state index is 0.167. The molecule has 3 N–H and O–H groups in total. The summed E-state index contributed by atoms with van der Waals surface area (Å²) >= 11 is 0. The van der Waals surface area contributed by atoms with Crippen molar-refractivity contribution in [2.75, 3.05) is 0 Å². The summed E-state index contributed by atoms with van der Waals surface area (Å²) in [5.74, 6) is -5.07. The number of aldehydes is 3. The summed E-state index contributed by atoms with van der Waals surface area (Å²) in [7, 11) is 0. The Balaban J connectivity index is -0.000000147. The quantitative estimate of drug-likeness (QED) is 0.347. The van der Waals surface area contributed by atoms with Gasteiger partial charge in [-0.3, -0.25) is 14.4 Å². The third-order valence-corrected chi connectivity index (χ3v) is 0.339. The van der Waals surface area contributed by atoms with E-state index in [1.54, 1.807) is 0 Å². The summed E-state index contributed by atoms with van der Waals surface area (Å²) in [4.78, 5) is 53.7. The summed E-state index contributed by atoms with van der Waals surface area (Å²) in [6, 6.07) is 0. The topological polar surface area (TPSA) is 163 Å². The Kier molecular flexibility index (Phi) is 17.0. The molecule has 0 saturated heterocycles. The Hall–Kier alpha value is -2.58. The average molecular weight is 222 g/mol. The van der Waals surface area contributed by atoms with Gasteiger partial charge in [0.1, 0.15) is 0 Å². The molecule has 84 valence electrons. The molecule has 0 aliphatic heterocycles. The minimum Gasteiger partial charge on any atom is -0.476 e. The van der Waals surface area contributed by atoms with Gasteiger partial charge < -0.3 is 15.3 Å². The van der Waals surface area contributed by atoms with Crippen molar-refractivity contribution in [2.24, 2.45) is 0 Å². The predicted molar refractivity (Wildman–Crippen MR) is 41.1 cm³/mol. The molecular weight excluding hydrogens is 216 g/mol. The lowest BCUT2D eigenvalue weighted by Gasteiger charge is -1.72.